The van der Waals surface area contributed by atoms with Crippen molar-refractivity contribution in [3.05, 3.63) is 35.4 Å². The van der Waals surface area contributed by atoms with Crippen molar-refractivity contribution in [3.8, 4) is 0 Å². The fraction of sp³-hybridized carbons (Fsp3) is 0.632. The average molecular weight is 442 g/mol. The number of carbonyl (C=O) groups excluding carboxylic acids is 1. The number of alkyl halides is 3. The van der Waals surface area contributed by atoms with Gasteiger partial charge in [-0.2, -0.15) is 13.2 Å². The van der Waals surface area contributed by atoms with Crippen LogP contribution >= 0.6 is 24.8 Å². The number of carbonyl (C=O) groups is 1. The Balaban J connectivity index is 0.00000196. The zero-order valence-electron chi connectivity index (χ0n) is 15.7. The first kappa shape index (κ1) is 25.0. The van der Waals surface area contributed by atoms with E-state index in [1.54, 1.807) is 6.07 Å². The van der Waals surface area contributed by atoms with E-state index in [-0.39, 0.29) is 30.7 Å². The first-order valence-electron chi connectivity index (χ1n) is 9.29. The van der Waals surface area contributed by atoms with Crippen molar-refractivity contribution in [2.24, 2.45) is 5.92 Å². The maximum absolute atomic E-state index is 12.8. The molecule has 0 radical (unpaired) electrons. The molecule has 2 aliphatic heterocycles. The van der Waals surface area contributed by atoms with Gasteiger partial charge in [0.05, 0.1) is 5.56 Å². The second kappa shape index (κ2) is 11.2. The van der Waals surface area contributed by atoms with Gasteiger partial charge in [-0.15, -0.1) is 24.8 Å². The standard InChI is InChI=1S/C19H26F3N3O.2ClH/c20-19(21,22)17-3-1-2-16(12-17)14-24-8-10-25(11-9-24)18(26)5-4-15-6-7-23-13-15;;/h1-3,12,15,23H,4-11,13-14H2;2*1H. The Morgan fingerprint density at radius 3 is 2.46 bits per heavy atom. The number of nitrogens with zero attached hydrogens (tertiary/aromatic N) is 2. The van der Waals surface area contributed by atoms with Crippen molar-refractivity contribution in [1.82, 2.24) is 15.1 Å². The predicted octanol–water partition coefficient (Wildman–Crippen LogP) is 3.58. The highest BCUT2D eigenvalue weighted by molar-refractivity contribution is 5.85. The molecule has 1 N–H and O–H groups in total. The number of hydrogen-bond acceptors (Lipinski definition) is 3. The number of rotatable bonds is 5. The van der Waals surface area contributed by atoms with E-state index in [1.165, 1.54) is 12.1 Å². The second-order valence-corrected chi connectivity index (χ2v) is 7.25. The first-order chi connectivity index (χ1) is 12.4. The van der Waals surface area contributed by atoms with E-state index in [4.69, 9.17) is 0 Å². The van der Waals surface area contributed by atoms with Crippen LogP contribution in [0.4, 0.5) is 13.2 Å². The Hall–Kier alpha value is -1.02. The van der Waals surface area contributed by atoms with Gasteiger partial charge in [0, 0.05) is 39.1 Å². The highest BCUT2D eigenvalue weighted by atomic mass is 35.5. The molecule has 0 saturated carbocycles. The Morgan fingerprint density at radius 2 is 1.86 bits per heavy atom. The molecule has 0 bridgehead atoms. The van der Waals surface area contributed by atoms with E-state index < -0.39 is 11.7 Å². The molecule has 1 aromatic carbocycles. The summed E-state index contributed by atoms with van der Waals surface area (Å²) >= 11 is 0. The third-order valence-electron chi connectivity index (χ3n) is 5.31. The van der Waals surface area contributed by atoms with Crippen molar-refractivity contribution in [3.63, 3.8) is 0 Å². The van der Waals surface area contributed by atoms with Crippen LogP contribution in [0.3, 0.4) is 0 Å². The molecule has 2 saturated heterocycles. The molecule has 160 valence electrons. The fourth-order valence-electron chi connectivity index (χ4n) is 3.71. The van der Waals surface area contributed by atoms with E-state index in [9.17, 15) is 18.0 Å². The minimum atomic E-state index is -4.31. The summed E-state index contributed by atoms with van der Waals surface area (Å²) in [5.41, 5.74) is 0.0542. The maximum atomic E-state index is 12.8. The molecule has 9 heteroatoms. The van der Waals surface area contributed by atoms with Gasteiger partial charge in [-0.3, -0.25) is 9.69 Å². The monoisotopic (exact) mass is 441 g/mol. The molecule has 2 fully saturated rings. The van der Waals surface area contributed by atoms with Crippen LogP contribution in [0.25, 0.3) is 0 Å². The number of piperazine rings is 1. The SMILES string of the molecule is Cl.Cl.O=C(CCC1CCNC1)N1CCN(Cc2cccc(C(F)(F)F)c2)CC1. The Kier molecular flexibility index (Phi) is 10.0. The molecule has 4 nitrogen and oxygen atoms in total. The van der Waals surface area contributed by atoms with E-state index >= 15 is 0 Å². The zero-order valence-corrected chi connectivity index (χ0v) is 17.3. The molecule has 0 aliphatic carbocycles. The van der Waals surface area contributed by atoms with Crippen LogP contribution in [0, 0.1) is 5.92 Å². The first-order valence-corrected chi connectivity index (χ1v) is 9.29. The van der Waals surface area contributed by atoms with Crippen LogP contribution < -0.4 is 5.32 Å². The number of halogens is 5. The summed E-state index contributed by atoms with van der Waals surface area (Å²) in [6.07, 6.45) is -1.62. The van der Waals surface area contributed by atoms with Crippen molar-refractivity contribution in [1.29, 1.82) is 0 Å². The van der Waals surface area contributed by atoms with Gasteiger partial charge in [-0.05, 0) is 43.5 Å². The predicted molar refractivity (Wildman–Crippen MR) is 108 cm³/mol. The second-order valence-electron chi connectivity index (χ2n) is 7.25. The van der Waals surface area contributed by atoms with Crippen LogP contribution in [-0.2, 0) is 17.5 Å². The lowest BCUT2D eigenvalue weighted by atomic mass is 10.0. The topological polar surface area (TPSA) is 35.6 Å². The largest absolute Gasteiger partial charge is 0.416 e. The molecular formula is C19H28Cl2F3N3O. The van der Waals surface area contributed by atoms with Crippen LogP contribution in [0.15, 0.2) is 24.3 Å². The van der Waals surface area contributed by atoms with Gasteiger partial charge >= 0.3 is 6.18 Å². The van der Waals surface area contributed by atoms with Crippen LogP contribution in [0.1, 0.15) is 30.4 Å². The normalized spacial score (nSPS) is 20.4. The van der Waals surface area contributed by atoms with E-state index in [2.05, 4.69) is 10.2 Å². The third-order valence-corrected chi connectivity index (χ3v) is 5.31. The lowest BCUT2D eigenvalue weighted by Crippen LogP contribution is -2.48. The van der Waals surface area contributed by atoms with Gasteiger partial charge < -0.3 is 10.2 Å². The minimum Gasteiger partial charge on any atom is -0.340 e. The quantitative estimate of drug-likeness (QED) is 0.758. The summed E-state index contributed by atoms with van der Waals surface area (Å²) < 4.78 is 38.4. The summed E-state index contributed by atoms with van der Waals surface area (Å²) in [7, 11) is 0. The lowest BCUT2D eigenvalue weighted by molar-refractivity contribution is -0.137. The van der Waals surface area contributed by atoms with Crippen LogP contribution in [-0.4, -0.2) is 55.0 Å². The van der Waals surface area contributed by atoms with Gasteiger partial charge in [0.15, 0.2) is 0 Å². The number of hydrogen-bond donors (Lipinski definition) is 1. The lowest BCUT2D eigenvalue weighted by Gasteiger charge is -2.35. The number of nitrogens with one attached hydrogen (secondary N) is 1. The molecule has 2 aliphatic rings. The summed E-state index contributed by atoms with van der Waals surface area (Å²) in [5, 5.41) is 3.32. The minimum absolute atomic E-state index is 0. The highest BCUT2D eigenvalue weighted by Crippen LogP contribution is 2.29. The number of amides is 1. The van der Waals surface area contributed by atoms with Crippen LogP contribution in [0.2, 0.25) is 0 Å². The molecular weight excluding hydrogens is 414 g/mol. The average Bonchev–Trinajstić information content (AvgIpc) is 3.13. The van der Waals surface area contributed by atoms with Crippen molar-refractivity contribution in [2.75, 3.05) is 39.3 Å². The van der Waals surface area contributed by atoms with E-state index in [1.807, 2.05) is 4.90 Å². The highest BCUT2D eigenvalue weighted by Gasteiger charge is 2.30. The third kappa shape index (κ3) is 7.10. The summed E-state index contributed by atoms with van der Waals surface area (Å²) in [6.45, 7) is 5.26. The van der Waals surface area contributed by atoms with Crippen molar-refractivity contribution in [2.45, 2.75) is 32.0 Å². The van der Waals surface area contributed by atoms with Gasteiger partial charge in [0.1, 0.15) is 0 Å². The van der Waals surface area contributed by atoms with Gasteiger partial charge in [0.25, 0.3) is 0 Å². The van der Waals surface area contributed by atoms with Gasteiger partial charge in [-0.25, -0.2) is 0 Å². The molecule has 1 amide bonds. The Bertz CT molecular complexity index is 617. The maximum Gasteiger partial charge on any atom is 0.416 e. The van der Waals surface area contributed by atoms with Gasteiger partial charge in [0.2, 0.25) is 5.91 Å². The molecule has 1 atom stereocenters. The number of benzene rings is 1. The molecule has 1 aromatic rings. The summed E-state index contributed by atoms with van der Waals surface area (Å²) in [5.74, 6) is 0.816. The van der Waals surface area contributed by atoms with Crippen molar-refractivity contribution >= 4 is 30.7 Å². The Morgan fingerprint density at radius 1 is 1.14 bits per heavy atom. The van der Waals surface area contributed by atoms with Gasteiger partial charge in [-0.1, -0.05) is 18.2 Å². The van der Waals surface area contributed by atoms with E-state index in [0.29, 0.717) is 50.6 Å². The van der Waals surface area contributed by atoms with Crippen molar-refractivity contribution < 1.29 is 18.0 Å². The molecule has 0 spiro atoms. The molecule has 1 unspecified atom stereocenters. The fourth-order valence-corrected chi connectivity index (χ4v) is 3.71. The molecule has 2 heterocycles. The smallest absolute Gasteiger partial charge is 0.340 e. The summed E-state index contributed by atoms with van der Waals surface area (Å²) in [6, 6.07) is 5.49. The molecule has 28 heavy (non-hydrogen) atoms. The molecule has 3 rings (SSSR count). The zero-order chi connectivity index (χ0) is 18.6. The molecule has 0 aromatic heterocycles. The van der Waals surface area contributed by atoms with Crippen LogP contribution in [0.5, 0.6) is 0 Å². The Labute approximate surface area is 176 Å². The summed E-state index contributed by atoms with van der Waals surface area (Å²) in [4.78, 5) is 16.3. The van der Waals surface area contributed by atoms with E-state index in [0.717, 1.165) is 32.0 Å².